The molecule has 2 heterocycles. The van der Waals surface area contributed by atoms with Crippen molar-refractivity contribution in [2.24, 2.45) is 10.4 Å². The number of hydrogen-bond donors (Lipinski definition) is 1. The molecule has 0 saturated carbocycles. The number of aldehydes is 1. The third-order valence-electron chi connectivity index (χ3n) is 6.31. The Hall–Kier alpha value is -3.28. The van der Waals surface area contributed by atoms with Crippen LogP contribution in [0.25, 0.3) is 16.8 Å². The van der Waals surface area contributed by atoms with Crippen LogP contribution in [-0.2, 0) is 11.3 Å². The van der Waals surface area contributed by atoms with Gasteiger partial charge in [0, 0.05) is 23.4 Å². The molecule has 0 bridgehead atoms. The zero-order valence-corrected chi connectivity index (χ0v) is 20.0. The van der Waals surface area contributed by atoms with Gasteiger partial charge >= 0.3 is 0 Å². The Morgan fingerprint density at radius 3 is 2.55 bits per heavy atom. The molecule has 0 fully saturated rings. The maximum atomic E-state index is 11.6. The summed E-state index contributed by atoms with van der Waals surface area (Å²) in [6.07, 6.45) is 11.1. The third-order valence-corrected chi connectivity index (χ3v) is 6.31. The van der Waals surface area contributed by atoms with Crippen molar-refractivity contribution in [3.63, 3.8) is 0 Å². The minimum absolute atomic E-state index is 0.290. The molecule has 1 radical (unpaired) electrons. The van der Waals surface area contributed by atoms with Crippen molar-refractivity contribution >= 4 is 30.9 Å². The fourth-order valence-electron chi connectivity index (χ4n) is 3.79. The van der Waals surface area contributed by atoms with E-state index in [1.165, 1.54) is 0 Å². The minimum Gasteiger partial charge on any atom is -0.340 e. The molecule has 33 heavy (non-hydrogen) atoms. The number of benzene rings is 1. The van der Waals surface area contributed by atoms with E-state index >= 15 is 0 Å². The summed E-state index contributed by atoms with van der Waals surface area (Å²) in [6, 6.07) is 12.2. The minimum atomic E-state index is -0.290. The highest BCUT2D eigenvalue weighted by Crippen LogP contribution is 2.28. The Bertz CT molecular complexity index is 1110. The van der Waals surface area contributed by atoms with Gasteiger partial charge in [-0.05, 0) is 55.0 Å². The summed E-state index contributed by atoms with van der Waals surface area (Å²) >= 11 is 0. The number of carbonyl (C=O) groups excluding carboxylic acids is 1. The number of rotatable bonds is 11. The topological polar surface area (TPSA) is 71.0 Å². The summed E-state index contributed by atoms with van der Waals surface area (Å²) in [5.41, 5.74) is 5.91. The Labute approximate surface area is 197 Å². The molecule has 6 heteroatoms. The molecule has 5 nitrogen and oxygen atoms in total. The molecule has 3 rings (SSSR count). The molecule has 0 aliphatic heterocycles. The monoisotopic (exact) mass is 439 g/mol. The van der Waals surface area contributed by atoms with Crippen LogP contribution in [0.3, 0.4) is 0 Å². The van der Waals surface area contributed by atoms with Gasteiger partial charge in [-0.15, -0.1) is 0 Å². The van der Waals surface area contributed by atoms with Crippen molar-refractivity contribution in [3.05, 3.63) is 71.8 Å². The molecular formula is C27H32BN4O. The summed E-state index contributed by atoms with van der Waals surface area (Å²) in [5.74, 6) is 0.825. The lowest BCUT2D eigenvalue weighted by Crippen LogP contribution is -2.29. The maximum absolute atomic E-state index is 11.6. The maximum Gasteiger partial charge on any atom is 0.178 e. The van der Waals surface area contributed by atoms with E-state index in [0.29, 0.717) is 12.9 Å². The van der Waals surface area contributed by atoms with Crippen molar-refractivity contribution in [2.75, 3.05) is 0 Å². The number of aromatic amines is 1. The van der Waals surface area contributed by atoms with Crippen LogP contribution in [0.2, 0.25) is 6.32 Å². The number of aryl methyl sites for hydroxylation is 1. The molecule has 0 aliphatic rings. The molecule has 0 atom stereocenters. The van der Waals surface area contributed by atoms with Gasteiger partial charge in [-0.2, -0.15) is 0 Å². The van der Waals surface area contributed by atoms with E-state index in [9.17, 15) is 4.79 Å². The number of nitrogens with one attached hydrogen (secondary N) is 1. The van der Waals surface area contributed by atoms with Crippen LogP contribution in [0.1, 0.15) is 50.6 Å². The quantitative estimate of drug-likeness (QED) is 0.253. The average Bonchev–Trinajstić information content (AvgIpc) is 3.33. The number of aromatic nitrogens is 3. The average molecular weight is 439 g/mol. The number of allylic oxidation sites excluding steroid dienone is 2. The normalized spacial score (nSPS) is 12.3. The van der Waals surface area contributed by atoms with E-state index in [1.807, 2.05) is 49.8 Å². The standard InChI is InChI=1S/C27H32BN4O/c1-5-21(14-29-17-26-31-16-24(32-26)22-11-9-8-10-12-22)23-15-30-25(13-20(23)4)28-18-27(6-2,7-3)19-33/h5,8-16,19H,6-7,17-18H2,1-4H3,(H,31,32)/b21-5+,29-14?. The summed E-state index contributed by atoms with van der Waals surface area (Å²) in [6.45, 7) is 8.69. The summed E-state index contributed by atoms with van der Waals surface area (Å²) in [7, 11) is 2.07. The van der Waals surface area contributed by atoms with Gasteiger partial charge in [0.05, 0.1) is 18.4 Å². The lowest BCUT2D eigenvalue weighted by molar-refractivity contribution is -0.115. The van der Waals surface area contributed by atoms with Crippen molar-refractivity contribution in [2.45, 2.75) is 53.4 Å². The van der Waals surface area contributed by atoms with Gasteiger partial charge in [-0.3, -0.25) is 9.98 Å². The van der Waals surface area contributed by atoms with Gasteiger partial charge in [0.1, 0.15) is 12.1 Å². The van der Waals surface area contributed by atoms with Crippen LogP contribution in [-0.4, -0.2) is 34.7 Å². The summed E-state index contributed by atoms with van der Waals surface area (Å²) < 4.78 is 0. The highest BCUT2D eigenvalue weighted by atomic mass is 16.1. The van der Waals surface area contributed by atoms with E-state index in [-0.39, 0.29) is 5.41 Å². The molecule has 0 saturated heterocycles. The van der Waals surface area contributed by atoms with Crippen LogP contribution < -0.4 is 5.59 Å². The van der Waals surface area contributed by atoms with Gasteiger partial charge in [0.15, 0.2) is 7.28 Å². The number of imidazole rings is 1. The molecule has 1 aromatic carbocycles. The first-order chi connectivity index (χ1) is 16.0. The molecular weight excluding hydrogens is 407 g/mol. The number of carbonyl (C=O) groups is 1. The number of hydrogen-bond acceptors (Lipinski definition) is 4. The fraction of sp³-hybridized carbons (Fsp3) is 0.333. The van der Waals surface area contributed by atoms with Gasteiger partial charge in [0.2, 0.25) is 0 Å². The van der Waals surface area contributed by atoms with Crippen molar-refractivity contribution in [3.8, 4) is 11.3 Å². The second-order valence-corrected chi connectivity index (χ2v) is 8.34. The van der Waals surface area contributed by atoms with E-state index in [0.717, 1.165) is 58.5 Å². The SMILES string of the molecule is C/C=C(\C=NCc1ncc(-c2ccccc2)[nH]1)c1cnc([B]CC(C=O)(CC)CC)cc1C. The predicted molar refractivity (Wildman–Crippen MR) is 138 cm³/mol. The predicted octanol–water partition coefficient (Wildman–Crippen LogP) is 5.21. The highest BCUT2D eigenvalue weighted by Gasteiger charge is 2.25. The second kappa shape index (κ2) is 11.5. The van der Waals surface area contributed by atoms with Gasteiger partial charge < -0.3 is 9.78 Å². The first-order valence-corrected chi connectivity index (χ1v) is 11.6. The summed E-state index contributed by atoms with van der Waals surface area (Å²) in [5, 5.41) is 0. The number of aliphatic imine (C=N–C) groups is 1. The Balaban J connectivity index is 1.65. The van der Waals surface area contributed by atoms with Crippen molar-refractivity contribution < 1.29 is 4.79 Å². The molecule has 0 unspecified atom stereocenters. The van der Waals surface area contributed by atoms with Crippen LogP contribution in [0.15, 0.2) is 59.9 Å². The van der Waals surface area contributed by atoms with Gasteiger partial charge in [-0.1, -0.05) is 56.6 Å². The number of nitrogens with zero attached hydrogens (tertiary/aromatic N) is 3. The highest BCUT2D eigenvalue weighted by molar-refractivity contribution is 6.52. The van der Waals surface area contributed by atoms with Crippen LogP contribution in [0.5, 0.6) is 0 Å². The van der Waals surface area contributed by atoms with Crippen LogP contribution in [0, 0.1) is 12.3 Å². The number of pyridine rings is 1. The molecule has 3 aromatic rings. The lowest BCUT2D eigenvalue weighted by atomic mass is 9.59. The zero-order chi connectivity index (χ0) is 23.7. The Morgan fingerprint density at radius 2 is 1.91 bits per heavy atom. The van der Waals surface area contributed by atoms with Crippen LogP contribution >= 0.6 is 0 Å². The molecule has 0 spiro atoms. The lowest BCUT2D eigenvalue weighted by Gasteiger charge is -2.24. The molecule has 2 aromatic heterocycles. The van der Waals surface area contributed by atoms with Gasteiger partial charge in [0.25, 0.3) is 0 Å². The Morgan fingerprint density at radius 1 is 1.15 bits per heavy atom. The van der Waals surface area contributed by atoms with E-state index in [2.05, 4.69) is 66.2 Å². The van der Waals surface area contributed by atoms with E-state index in [4.69, 9.17) is 0 Å². The molecule has 1 N–H and O–H groups in total. The Kier molecular flexibility index (Phi) is 8.53. The molecule has 0 amide bonds. The molecule has 169 valence electrons. The van der Waals surface area contributed by atoms with Crippen LogP contribution in [0.4, 0.5) is 0 Å². The summed E-state index contributed by atoms with van der Waals surface area (Å²) in [4.78, 5) is 28.6. The first kappa shape index (κ1) is 24.4. The first-order valence-electron chi connectivity index (χ1n) is 11.6. The molecule has 0 aliphatic carbocycles. The second-order valence-electron chi connectivity index (χ2n) is 8.34. The smallest absolute Gasteiger partial charge is 0.178 e. The van der Waals surface area contributed by atoms with Gasteiger partial charge in [-0.25, -0.2) is 4.98 Å². The largest absolute Gasteiger partial charge is 0.340 e. The zero-order valence-electron chi connectivity index (χ0n) is 20.0. The number of H-pyrrole nitrogens is 1. The van der Waals surface area contributed by atoms with Crippen molar-refractivity contribution in [1.29, 1.82) is 0 Å². The van der Waals surface area contributed by atoms with Crippen molar-refractivity contribution in [1.82, 2.24) is 15.0 Å². The third kappa shape index (κ3) is 6.16. The van der Waals surface area contributed by atoms with E-state index < -0.39 is 0 Å². The van der Waals surface area contributed by atoms with E-state index in [1.54, 1.807) is 0 Å². The fourth-order valence-corrected chi connectivity index (χ4v) is 3.79.